The lowest BCUT2D eigenvalue weighted by atomic mass is 9.94. The number of benzene rings is 9. The summed E-state index contributed by atoms with van der Waals surface area (Å²) in [5, 5.41) is 7.36. The Morgan fingerprint density at radius 2 is 0.904 bits per heavy atom. The van der Waals surface area contributed by atoms with E-state index in [0.717, 1.165) is 22.7 Å². The molecule has 10 rings (SSSR count). The number of nitrogens with zero attached hydrogens (tertiary/aromatic N) is 2. The highest BCUT2D eigenvalue weighted by Gasteiger charge is 2.21. The third kappa shape index (κ3) is 5.04. The van der Waals surface area contributed by atoms with Crippen LogP contribution in [0, 0.1) is 0 Å². The van der Waals surface area contributed by atoms with Crippen LogP contribution >= 0.6 is 0 Å². The first kappa shape index (κ1) is 30.0. The molecule has 0 aliphatic carbocycles. The molecule has 0 N–H and O–H groups in total. The van der Waals surface area contributed by atoms with E-state index < -0.39 is 0 Å². The smallest absolute Gasteiger partial charge is 0.0547 e. The van der Waals surface area contributed by atoms with Crippen molar-refractivity contribution < 1.29 is 0 Å². The fourth-order valence-corrected chi connectivity index (χ4v) is 7.91. The molecule has 0 aliphatic heterocycles. The minimum absolute atomic E-state index is 1.10. The molecular weight excluding hydrogens is 629 g/mol. The van der Waals surface area contributed by atoms with Crippen LogP contribution in [-0.2, 0) is 0 Å². The summed E-state index contributed by atoms with van der Waals surface area (Å²) in [4.78, 5) is 2.43. The molecule has 0 radical (unpaired) electrons. The Labute approximate surface area is 303 Å². The lowest BCUT2D eigenvalue weighted by Crippen LogP contribution is -2.11. The maximum atomic E-state index is 2.43. The van der Waals surface area contributed by atoms with Crippen molar-refractivity contribution in [1.29, 1.82) is 0 Å². The molecule has 0 fully saturated rings. The summed E-state index contributed by atoms with van der Waals surface area (Å²) in [5.74, 6) is 0. The molecule has 0 bridgehead atoms. The van der Waals surface area contributed by atoms with Crippen LogP contribution in [0.2, 0.25) is 0 Å². The molecule has 0 aliphatic rings. The molecule has 9 aromatic carbocycles. The van der Waals surface area contributed by atoms with Crippen molar-refractivity contribution in [3.63, 3.8) is 0 Å². The lowest BCUT2D eigenvalue weighted by molar-refractivity contribution is 1.18. The number of aromatic nitrogens is 1. The zero-order valence-electron chi connectivity index (χ0n) is 28.5. The molecule has 10 aromatic rings. The van der Waals surface area contributed by atoms with Gasteiger partial charge in [-0.25, -0.2) is 0 Å². The standard InChI is InChI=1S/C50H34N2/c1-3-13-35(14-4-1)37-23-28-42(29-24-37)51(43-30-25-36-15-7-8-17-39(36)33-43)48-32-27-38-16-9-10-20-44(38)50(48)40-26-31-46-45-21-11-12-22-47(45)52(49(46)34-40)41-18-5-2-6-19-41/h1-34H. The van der Waals surface area contributed by atoms with Gasteiger partial charge >= 0.3 is 0 Å². The number of fused-ring (bicyclic) bond motifs is 5. The highest BCUT2D eigenvalue weighted by molar-refractivity contribution is 6.12. The molecule has 0 saturated carbocycles. The average molecular weight is 663 g/mol. The largest absolute Gasteiger partial charge is 0.310 e. The number of hydrogen-bond acceptors (Lipinski definition) is 1. The van der Waals surface area contributed by atoms with Gasteiger partial charge in [-0.05, 0) is 92.8 Å². The topological polar surface area (TPSA) is 8.17 Å². The van der Waals surface area contributed by atoms with E-state index in [4.69, 9.17) is 0 Å². The van der Waals surface area contributed by atoms with Crippen LogP contribution in [0.15, 0.2) is 206 Å². The van der Waals surface area contributed by atoms with E-state index >= 15 is 0 Å². The van der Waals surface area contributed by atoms with Gasteiger partial charge < -0.3 is 9.47 Å². The predicted octanol–water partition coefficient (Wildman–Crippen LogP) is 13.9. The van der Waals surface area contributed by atoms with Crippen LogP contribution in [0.5, 0.6) is 0 Å². The van der Waals surface area contributed by atoms with Crippen molar-refractivity contribution in [2.45, 2.75) is 0 Å². The van der Waals surface area contributed by atoms with Crippen LogP contribution in [-0.4, -0.2) is 4.57 Å². The highest BCUT2D eigenvalue weighted by atomic mass is 15.1. The van der Waals surface area contributed by atoms with Gasteiger partial charge in [0.1, 0.15) is 0 Å². The van der Waals surface area contributed by atoms with E-state index in [1.165, 1.54) is 65.6 Å². The quantitative estimate of drug-likeness (QED) is 0.172. The van der Waals surface area contributed by atoms with Crippen LogP contribution in [0.4, 0.5) is 17.1 Å². The zero-order valence-corrected chi connectivity index (χ0v) is 28.5. The number of hydrogen-bond donors (Lipinski definition) is 0. The van der Waals surface area contributed by atoms with Crippen LogP contribution in [0.3, 0.4) is 0 Å². The van der Waals surface area contributed by atoms with E-state index in [0.29, 0.717) is 0 Å². The fraction of sp³-hybridized carbons (Fsp3) is 0. The van der Waals surface area contributed by atoms with Crippen LogP contribution < -0.4 is 4.90 Å². The zero-order chi connectivity index (χ0) is 34.4. The Morgan fingerprint density at radius 3 is 1.71 bits per heavy atom. The molecular formula is C50H34N2. The van der Waals surface area contributed by atoms with Gasteiger partial charge in [0.15, 0.2) is 0 Å². The van der Waals surface area contributed by atoms with Crippen molar-refractivity contribution in [2.75, 3.05) is 4.90 Å². The molecule has 0 amide bonds. The molecule has 0 unspecified atom stereocenters. The van der Waals surface area contributed by atoms with Gasteiger partial charge in [0.05, 0.1) is 16.7 Å². The number of rotatable bonds is 6. The molecule has 1 aromatic heterocycles. The first-order valence-corrected chi connectivity index (χ1v) is 17.9. The average Bonchev–Trinajstić information content (AvgIpc) is 3.55. The second kappa shape index (κ2) is 12.5. The van der Waals surface area contributed by atoms with E-state index in [2.05, 4.69) is 216 Å². The summed E-state index contributed by atoms with van der Waals surface area (Å²) in [5.41, 5.74) is 11.7. The highest BCUT2D eigenvalue weighted by Crippen LogP contribution is 2.46. The Morgan fingerprint density at radius 1 is 0.327 bits per heavy atom. The third-order valence-corrected chi connectivity index (χ3v) is 10.3. The summed E-state index contributed by atoms with van der Waals surface area (Å²) in [6, 6.07) is 74.8. The van der Waals surface area contributed by atoms with Crippen molar-refractivity contribution >= 4 is 60.4 Å². The van der Waals surface area contributed by atoms with Crippen LogP contribution in [0.1, 0.15) is 0 Å². The minimum Gasteiger partial charge on any atom is -0.310 e. The number of para-hydroxylation sites is 2. The monoisotopic (exact) mass is 662 g/mol. The first-order chi connectivity index (χ1) is 25.8. The lowest BCUT2D eigenvalue weighted by Gasteiger charge is -2.29. The van der Waals surface area contributed by atoms with Crippen molar-refractivity contribution in [3.05, 3.63) is 206 Å². The maximum absolute atomic E-state index is 2.43. The summed E-state index contributed by atoms with van der Waals surface area (Å²) in [6.07, 6.45) is 0. The molecule has 0 atom stereocenters. The van der Waals surface area contributed by atoms with E-state index in [1.54, 1.807) is 0 Å². The van der Waals surface area contributed by atoms with Gasteiger partial charge in [0.25, 0.3) is 0 Å². The number of anilines is 3. The Bertz CT molecular complexity index is 2890. The second-order valence-electron chi connectivity index (χ2n) is 13.4. The normalized spacial score (nSPS) is 11.5. The van der Waals surface area contributed by atoms with Gasteiger partial charge in [-0.2, -0.15) is 0 Å². The molecule has 244 valence electrons. The molecule has 2 heteroatoms. The van der Waals surface area contributed by atoms with Crippen molar-refractivity contribution in [2.24, 2.45) is 0 Å². The van der Waals surface area contributed by atoms with Gasteiger partial charge in [-0.1, -0.05) is 152 Å². The summed E-state index contributed by atoms with van der Waals surface area (Å²) < 4.78 is 2.41. The molecule has 0 spiro atoms. The first-order valence-electron chi connectivity index (χ1n) is 17.9. The molecule has 0 saturated heterocycles. The Hall–Kier alpha value is -6.90. The van der Waals surface area contributed by atoms with Gasteiger partial charge in [-0.15, -0.1) is 0 Å². The SMILES string of the molecule is c1ccc(-c2ccc(N(c3ccc4ccccc4c3)c3ccc4ccccc4c3-c3ccc4c5ccccc5n(-c5ccccc5)c4c3)cc2)cc1. The summed E-state index contributed by atoms with van der Waals surface area (Å²) in [6.45, 7) is 0. The Balaban J connectivity index is 1.25. The van der Waals surface area contributed by atoms with Crippen LogP contribution in [0.25, 0.3) is 71.3 Å². The van der Waals surface area contributed by atoms with Gasteiger partial charge in [0.2, 0.25) is 0 Å². The van der Waals surface area contributed by atoms with Crippen molar-refractivity contribution in [1.82, 2.24) is 4.57 Å². The third-order valence-electron chi connectivity index (χ3n) is 10.3. The minimum atomic E-state index is 1.10. The van der Waals surface area contributed by atoms with Crippen molar-refractivity contribution in [3.8, 4) is 27.9 Å². The van der Waals surface area contributed by atoms with Gasteiger partial charge in [0, 0.05) is 33.4 Å². The summed E-state index contributed by atoms with van der Waals surface area (Å²) >= 11 is 0. The van der Waals surface area contributed by atoms with E-state index in [-0.39, 0.29) is 0 Å². The summed E-state index contributed by atoms with van der Waals surface area (Å²) in [7, 11) is 0. The Kier molecular flexibility index (Phi) is 7.18. The molecule has 2 nitrogen and oxygen atoms in total. The van der Waals surface area contributed by atoms with Gasteiger partial charge in [-0.3, -0.25) is 0 Å². The predicted molar refractivity (Wildman–Crippen MR) is 221 cm³/mol. The maximum Gasteiger partial charge on any atom is 0.0547 e. The fourth-order valence-electron chi connectivity index (χ4n) is 7.91. The molecule has 1 heterocycles. The second-order valence-corrected chi connectivity index (χ2v) is 13.4. The van der Waals surface area contributed by atoms with E-state index in [1.807, 2.05) is 0 Å². The molecule has 52 heavy (non-hydrogen) atoms. The van der Waals surface area contributed by atoms with E-state index in [9.17, 15) is 0 Å².